The van der Waals surface area contributed by atoms with Crippen molar-refractivity contribution >= 4 is 0 Å². The highest BCUT2D eigenvalue weighted by atomic mass is 16.5. The Morgan fingerprint density at radius 1 is 1.47 bits per heavy atom. The monoisotopic (exact) mass is 266 g/mol. The summed E-state index contributed by atoms with van der Waals surface area (Å²) in [7, 11) is 2.18. The lowest BCUT2D eigenvalue weighted by Crippen LogP contribution is -2.48. The number of nitrogens with zero attached hydrogens (tertiary/aromatic N) is 1. The second kappa shape index (κ2) is 7.08. The van der Waals surface area contributed by atoms with Crippen molar-refractivity contribution in [3.8, 4) is 0 Å². The number of nitrogens with one attached hydrogen (secondary N) is 1. The van der Waals surface area contributed by atoms with Crippen LogP contribution < -0.4 is 5.32 Å². The number of rotatable bonds is 7. The maximum absolute atomic E-state index is 5.73. The summed E-state index contributed by atoms with van der Waals surface area (Å²) in [6.07, 6.45) is 5.98. The van der Waals surface area contributed by atoms with Crippen LogP contribution in [0.1, 0.15) is 25.3 Å². The summed E-state index contributed by atoms with van der Waals surface area (Å²) < 4.78 is 10.9. The Hall–Kier alpha value is -0.840. The molecule has 1 N–H and O–H groups in total. The first-order chi connectivity index (χ1) is 9.24. The minimum Gasteiger partial charge on any atom is -0.472 e. The normalized spacial score (nSPS) is 23.9. The molecular formula is C15H26N2O2. The van der Waals surface area contributed by atoms with Crippen LogP contribution in [0, 0.1) is 5.41 Å². The van der Waals surface area contributed by atoms with Gasteiger partial charge in [-0.15, -0.1) is 0 Å². The van der Waals surface area contributed by atoms with Gasteiger partial charge in [0, 0.05) is 37.2 Å². The molecular weight excluding hydrogens is 240 g/mol. The molecule has 4 nitrogen and oxygen atoms in total. The van der Waals surface area contributed by atoms with Crippen molar-refractivity contribution < 1.29 is 9.15 Å². The van der Waals surface area contributed by atoms with E-state index in [9.17, 15) is 0 Å². The summed E-state index contributed by atoms with van der Waals surface area (Å²) in [5, 5.41) is 3.50. The summed E-state index contributed by atoms with van der Waals surface area (Å²) in [5.74, 6) is 0. The van der Waals surface area contributed by atoms with E-state index in [0.29, 0.717) is 0 Å². The van der Waals surface area contributed by atoms with Gasteiger partial charge in [0.2, 0.25) is 0 Å². The molecule has 0 amide bonds. The standard InChI is InChI=1S/C15H26N2O2/c1-3-16-11-15(6-4-7-19-13-15)12-17(2)9-14-5-8-18-10-14/h5,8,10,16H,3-4,6-7,9,11-13H2,1-2H3. The van der Waals surface area contributed by atoms with Gasteiger partial charge < -0.3 is 19.4 Å². The van der Waals surface area contributed by atoms with E-state index in [1.807, 2.05) is 12.3 Å². The molecule has 2 rings (SSSR count). The molecule has 1 aromatic heterocycles. The van der Waals surface area contributed by atoms with E-state index < -0.39 is 0 Å². The van der Waals surface area contributed by atoms with E-state index in [0.717, 1.165) is 39.4 Å². The molecule has 4 heteroatoms. The Balaban J connectivity index is 1.90. The molecule has 1 aliphatic rings. The lowest BCUT2D eigenvalue weighted by atomic mass is 9.81. The van der Waals surface area contributed by atoms with Crippen LogP contribution in [0.15, 0.2) is 23.0 Å². The third-order valence-electron chi connectivity index (χ3n) is 3.79. The number of furan rings is 1. The summed E-state index contributed by atoms with van der Waals surface area (Å²) in [5.41, 5.74) is 1.49. The number of ether oxygens (including phenoxy) is 1. The molecule has 1 unspecified atom stereocenters. The van der Waals surface area contributed by atoms with Gasteiger partial charge in [-0.3, -0.25) is 0 Å². The van der Waals surface area contributed by atoms with Crippen molar-refractivity contribution in [1.82, 2.24) is 10.2 Å². The van der Waals surface area contributed by atoms with E-state index in [1.165, 1.54) is 18.4 Å². The highest BCUT2D eigenvalue weighted by Gasteiger charge is 2.33. The number of hydrogen-bond donors (Lipinski definition) is 1. The molecule has 0 aromatic carbocycles. The predicted molar refractivity (Wildman–Crippen MR) is 76.1 cm³/mol. The molecule has 0 saturated carbocycles. The fraction of sp³-hybridized carbons (Fsp3) is 0.733. The SMILES string of the molecule is CCNCC1(CN(C)Cc2ccoc2)CCCOC1. The summed E-state index contributed by atoms with van der Waals surface area (Å²) in [6, 6.07) is 2.03. The second-order valence-electron chi connectivity index (χ2n) is 5.74. The Morgan fingerprint density at radius 2 is 2.37 bits per heavy atom. The van der Waals surface area contributed by atoms with Crippen molar-refractivity contribution in [3.05, 3.63) is 24.2 Å². The van der Waals surface area contributed by atoms with E-state index in [2.05, 4.69) is 24.2 Å². The summed E-state index contributed by atoms with van der Waals surface area (Å²) in [6.45, 7) is 8.00. The van der Waals surface area contributed by atoms with Gasteiger partial charge in [0.05, 0.1) is 19.1 Å². The van der Waals surface area contributed by atoms with Gasteiger partial charge in [-0.1, -0.05) is 6.92 Å². The van der Waals surface area contributed by atoms with Crippen LogP contribution in [0.2, 0.25) is 0 Å². The molecule has 1 fully saturated rings. The van der Waals surface area contributed by atoms with Gasteiger partial charge in [-0.2, -0.15) is 0 Å². The molecule has 2 heterocycles. The first-order valence-corrected chi connectivity index (χ1v) is 7.22. The molecule has 1 atom stereocenters. The van der Waals surface area contributed by atoms with Gasteiger partial charge >= 0.3 is 0 Å². The second-order valence-corrected chi connectivity index (χ2v) is 5.74. The van der Waals surface area contributed by atoms with Crippen molar-refractivity contribution in [2.45, 2.75) is 26.3 Å². The maximum Gasteiger partial charge on any atom is 0.0947 e. The first-order valence-electron chi connectivity index (χ1n) is 7.22. The van der Waals surface area contributed by atoms with Gasteiger partial charge in [0.25, 0.3) is 0 Å². The molecule has 0 spiro atoms. The van der Waals surface area contributed by atoms with E-state index >= 15 is 0 Å². The van der Waals surface area contributed by atoms with Crippen molar-refractivity contribution in [2.24, 2.45) is 5.41 Å². The zero-order chi connectivity index (χ0) is 13.6. The van der Waals surface area contributed by atoms with Crippen LogP contribution in [0.3, 0.4) is 0 Å². The largest absolute Gasteiger partial charge is 0.472 e. The van der Waals surface area contributed by atoms with Gasteiger partial charge in [0.1, 0.15) is 0 Å². The summed E-state index contributed by atoms with van der Waals surface area (Å²) >= 11 is 0. The minimum absolute atomic E-state index is 0.257. The van der Waals surface area contributed by atoms with Crippen LogP contribution in [0.25, 0.3) is 0 Å². The average molecular weight is 266 g/mol. The fourth-order valence-electron chi connectivity index (χ4n) is 2.94. The van der Waals surface area contributed by atoms with Crippen molar-refractivity contribution in [3.63, 3.8) is 0 Å². The van der Waals surface area contributed by atoms with Crippen molar-refractivity contribution in [1.29, 1.82) is 0 Å². The topological polar surface area (TPSA) is 37.6 Å². The number of hydrogen-bond acceptors (Lipinski definition) is 4. The van der Waals surface area contributed by atoms with E-state index in [-0.39, 0.29) is 5.41 Å². The quantitative estimate of drug-likeness (QED) is 0.820. The average Bonchev–Trinajstić information content (AvgIpc) is 2.90. The van der Waals surface area contributed by atoms with Crippen LogP contribution in [0.5, 0.6) is 0 Å². The van der Waals surface area contributed by atoms with Crippen LogP contribution in [-0.2, 0) is 11.3 Å². The Kier molecular flexibility index (Phi) is 5.43. The van der Waals surface area contributed by atoms with Gasteiger partial charge in [0.15, 0.2) is 0 Å². The zero-order valence-electron chi connectivity index (χ0n) is 12.2. The summed E-state index contributed by atoms with van der Waals surface area (Å²) in [4.78, 5) is 2.37. The van der Waals surface area contributed by atoms with Gasteiger partial charge in [-0.25, -0.2) is 0 Å². The highest BCUT2D eigenvalue weighted by molar-refractivity contribution is 5.05. The van der Waals surface area contributed by atoms with Gasteiger partial charge in [-0.05, 0) is 32.5 Å². The Bertz CT molecular complexity index is 345. The minimum atomic E-state index is 0.257. The Labute approximate surface area is 116 Å². The Morgan fingerprint density at radius 3 is 3.00 bits per heavy atom. The molecule has 0 aliphatic carbocycles. The molecule has 1 aliphatic heterocycles. The molecule has 1 saturated heterocycles. The highest BCUT2D eigenvalue weighted by Crippen LogP contribution is 2.29. The first kappa shape index (κ1) is 14.6. The molecule has 19 heavy (non-hydrogen) atoms. The van der Waals surface area contributed by atoms with E-state index in [4.69, 9.17) is 9.15 Å². The van der Waals surface area contributed by atoms with E-state index in [1.54, 1.807) is 6.26 Å². The van der Waals surface area contributed by atoms with Crippen LogP contribution >= 0.6 is 0 Å². The van der Waals surface area contributed by atoms with Crippen LogP contribution in [0.4, 0.5) is 0 Å². The smallest absolute Gasteiger partial charge is 0.0947 e. The lowest BCUT2D eigenvalue weighted by molar-refractivity contribution is -0.0234. The molecule has 108 valence electrons. The zero-order valence-corrected chi connectivity index (χ0v) is 12.2. The predicted octanol–water partition coefficient (Wildman–Crippen LogP) is 2.12. The van der Waals surface area contributed by atoms with Crippen molar-refractivity contribution in [2.75, 3.05) is 39.9 Å². The molecule has 0 radical (unpaired) electrons. The third-order valence-corrected chi connectivity index (χ3v) is 3.79. The maximum atomic E-state index is 5.73. The fourth-order valence-corrected chi connectivity index (χ4v) is 2.94. The van der Waals surface area contributed by atoms with Crippen LogP contribution in [-0.4, -0.2) is 44.8 Å². The molecule has 0 bridgehead atoms. The molecule has 1 aromatic rings. The lowest BCUT2D eigenvalue weighted by Gasteiger charge is -2.40. The third kappa shape index (κ3) is 4.34.